The molecule has 3 aliphatic rings. The summed E-state index contributed by atoms with van der Waals surface area (Å²) in [6.07, 6.45) is 1.60. The van der Waals surface area contributed by atoms with Gasteiger partial charge in [-0.1, -0.05) is 41.5 Å². The number of Topliss-reactive ketones (excluding diaryl/α,β-unsaturated/α-hetero) is 1. The van der Waals surface area contributed by atoms with Crippen molar-refractivity contribution in [2.24, 2.45) is 10.8 Å². The highest BCUT2D eigenvalue weighted by Gasteiger charge is 2.53. The lowest BCUT2D eigenvalue weighted by Crippen LogP contribution is -2.73. The Balaban J connectivity index is 0.000000730. The first-order valence-corrected chi connectivity index (χ1v) is 10.1. The fourth-order valence-electron chi connectivity index (χ4n) is 3.97. The Morgan fingerprint density at radius 1 is 0.880 bits per heavy atom. The van der Waals surface area contributed by atoms with E-state index in [1.807, 2.05) is 44.4 Å². The zero-order valence-electron chi connectivity index (χ0n) is 17.5. The maximum absolute atomic E-state index is 12.5. The predicted octanol–water partition coefficient (Wildman–Crippen LogP) is 3.49. The second-order valence-electron chi connectivity index (χ2n) is 7.55. The molecule has 25 heavy (non-hydrogen) atoms. The summed E-state index contributed by atoms with van der Waals surface area (Å²) >= 11 is 0. The van der Waals surface area contributed by atoms with Crippen LogP contribution >= 0.6 is 0 Å². The van der Waals surface area contributed by atoms with Crippen molar-refractivity contribution in [3.63, 3.8) is 0 Å². The van der Waals surface area contributed by atoms with Crippen molar-refractivity contribution in [2.75, 3.05) is 45.8 Å². The maximum Gasteiger partial charge on any atom is 0.320 e. The van der Waals surface area contributed by atoms with Crippen molar-refractivity contribution < 1.29 is 9.59 Å². The van der Waals surface area contributed by atoms with E-state index in [2.05, 4.69) is 11.8 Å². The van der Waals surface area contributed by atoms with Gasteiger partial charge in [-0.15, -0.1) is 0 Å². The van der Waals surface area contributed by atoms with Gasteiger partial charge in [-0.2, -0.15) is 0 Å². The van der Waals surface area contributed by atoms with E-state index < -0.39 is 0 Å². The first-order valence-electron chi connectivity index (χ1n) is 10.1. The van der Waals surface area contributed by atoms with Crippen molar-refractivity contribution in [1.29, 1.82) is 0 Å². The average Bonchev–Trinajstić information content (AvgIpc) is 2.56. The van der Waals surface area contributed by atoms with E-state index in [1.165, 1.54) is 0 Å². The Kier molecular flexibility index (Phi) is 7.91. The quantitative estimate of drug-likeness (QED) is 0.763. The summed E-state index contributed by atoms with van der Waals surface area (Å²) in [7, 11) is 0. The molecule has 3 aliphatic heterocycles. The van der Waals surface area contributed by atoms with Gasteiger partial charge < -0.3 is 14.7 Å². The third kappa shape index (κ3) is 4.55. The van der Waals surface area contributed by atoms with E-state index >= 15 is 0 Å². The van der Waals surface area contributed by atoms with Gasteiger partial charge in [-0.3, -0.25) is 4.79 Å². The molecule has 0 atom stereocenters. The van der Waals surface area contributed by atoms with Crippen molar-refractivity contribution in [2.45, 2.75) is 61.3 Å². The lowest BCUT2D eigenvalue weighted by atomic mass is 9.73. The van der Waals surface area contributed by atoms with Gasteiger partial charge in [0, 0.05) is 50.1 Å². The van der Waals surface area contributed by atoms with Crippen molar-refractivity contribution in [3.8, 4) is 0 Å². The summed E-state index contributed by atoms with van der Waals surface area (Å²) in [6.45, 7) is 20.6. The van der Waals surface area contributed by atoms with Crippen LogP contribution in [-0.2, 0) is 4.79 Å². The summed E-state index contributed by atoms with van der Waals surface area (Å²) in [5, 5.41) is 0. The molecule has 1 spiro atoms. The summed E-state index contributed by atoms with van der Waals surface area (Å²) in [5.74, 6) is 0.256. The van der Waals surface area contributed by atoms with Crippen LogP contribution in [0.4, 0.5) is 4.79 Å². The number of likely N-dealkylation sites (tertiary alicyclic amines) is 3. The number of ketones is 1. The predicted molar refractivity (Wildman–Crippen MR) is 104 cm³/mol. The van der Waals surface area contributed by atoms with E-state index in [0.29, 0.717) is 5.41 Å². The van der Waals surface area contributed by atoms with Gasteiger partial charge in [-0.05, 0) is 26.3 Å². The highest BCUT2D eigenvalue weighted by Crippen LogP contribution is 2.40. The first kappa shape index (κ1) is 21.9. The van der Waals surface area contributed by atoms with Gasteiger partial charge in [-0.25, -0.2) is 4.79 Å². The molecule has 0 radical (unpaired) electrons. The van der Waals surface area contributed by atoms with Crippen molar-refractivity contribution >= 4 is 11.8 Å². The lowest BCUT2D eigenvalue weighted by molar-refractivity contribution is -0.128. The number of urea groups is 1. The molecule has 5 nitrogen and oxygen atoms in total. The summed E-state index contributed by atoms with van der Waals surface area (Å²) in [4.78, 5) is 30.5. The second-order valence-corrected chi connectivity index (χ2v) is 7.55. The molecule has 5 heteroatoms. The molecule has 0 aromatic rings. The molecule has 3 saturated heterocycles. The Bertz CT molecular complexity index is 442. The van der Waals surface area contributed by atoms with Crippen LogP contribution in [-0.4, -0.2) is 72.3 Å². The third-order valence-electron chi connectivity index (χ3n) is 5.88. The van der Waals surface area contributed by atoms with Crippen LogP contribution in [0.25, 0.3) is 0 Å². The van der Waals surface area contributed by atoms with Crippen LogP contribution in [0.5, 0.6) is 0 Å². The van der Waals surface area contributed by atoms with Gasteiger partial charge in [0.05, 0.1) is 0 Å². The number of piperidine rings is 1. The normalized spacial score (nSPS) is 23.3. The fraction of sp³-hybridized carbons (Fsp3) is 0.900. The van der Waals surface area contributed by atoms with E-state index in [-0.39, 0.29) is 17.2 Å². The highest BCUT2D eigenvalue weighted by atomic mass is 16.2. The molecule has 0 aromatic heterocycles. The van der Waals surface area contributed by atoms with Crippen molar-refractivity contribution in [3.05, 3.63) is 0 Å². The monoisotopic (exact) mass is 353 g/mol. The summed E-state index contributed by atoms with van der Waals surface area (Å²) in [6, 6.07) is 0.182. The molecule has 3 fully saturated rings. The average molecular weight is 354 g/mol. The molecule has 0 saturated carbocycles. The van der Waals surface area contributed by atoms with Crippen LogP contribution in [0.15, 0.2) is 0 Å². The number of nitrogens with zero attached hydrogens (tertiary/aromatic N) is 3. The zero-order valence-corrected chi connectivity index (χ0v) is 17.5. The molecule has 3 rings (SSSR count). The minimum absolute atomic E-state index is 0.182. The molecule has 0 N–H and O–H groups in total. The van der Waals surface area contributed by atoms with Crippen LogP contribution in [0, 0.1) is 10.8 Å². The van der Waals surface area contributed by atoms with Gasteiger partial charge in [0.15, 0.2) is 0 Å². The number of amides is 2. The SMILES string of the molecule is CC.CC.CCN1CC2(C1)CN(C(=O)N1CCC(C)(C(C)=O)CC1)C2. The molecule has 0 bridgehead atoms. The summed E-state index contributed by atoms with van der Waals surface area (Å²) in [5.41, 5.74) is 0.178. The molecule has 2 amide bonds. The minimum Gasteiger partial charge on any atom is -0.325 e. The standard InChI is InChI=1S/C16H27N3O2.2C2H6/c1-4-17-9-16(10-17)11-19(12-16)14(21)18-7-5-15(3,6-8-18)13(2)20;2*1-2/h4-12H2,1-3H3;2*1-2H3. The highest BCUT2D eigenvalue weighted by molar-refractivity contribution is 5.82. The smallest absolute Gasteiger partial charge is 0.320 e. The largest absolute Gasteiger partial charge is 0.325 e. The Morgan fingerprint density at radius 3 is 1.76 bits per heavy atom. The molecule has 0 aromatic carbocycles. The molecule has 146 valence electrons. The van der Waals surface area contributed by atoms with Gasteiger partial charge >= 0.3 is 6.03 Å². The number of hydrogen-bond donors (Lipinski definition) is 0. The maximum atomic E-state index is 12.5. The molecule has 3 heterocycles. The Hall–Kier alpha value is -1.10. The zero-order chi connectivity index (χ0) is 19.3. The van der Waals surface area contributed by atoms with Crippen molar-refractivity contribution in [1.82, 2.24) is 14.7 Å². The molecular weight excluding hydrogens is 314 g/mol. The number of rotatable bonds is 2. The topological polar surface area (TPSA) is 43.9 Å². The number of hydrogen-bond acceptors (Lipinski definition) is 3. The van der Waals surface area contributed by atoms with Crippen LogP contribution in [0.1, 0.15) is 61.3 Å². The van der Waals surface area contributed by atoms with Gasteiger partial charge in [0.25, 0.3) is 0 Å². The van der Waals surface area contributed by atoms with E-state index in [4.69, 9.17) is 0 Å². The number of carbonyl (C=O) groups is 2. The fourth-order valence-corrected chi connectivity index (χ4v) is 3.97. The van der Waals surface area contributed by atoms with Crippen LogP contribution in [0.3, 0.4) is 0 Å². The van der Waals surface area contributed by atoms with Crippen LogP contribution in [0.2, 0.25) is 0 Å². The van der Waals surface area contributed by atoms with E-state index in [9.17, 15) is 9.59 Å². The number of carbonyl (C=O) groups excluding carboxylic acids is 2. The lowest BCUT2D eigenvalue weighted by Gasteiger charge is -2.60. The minimum atomic E-state index is -0.220. The third-order valence-corrected chi connectivity index (χ3v) is 5.88. The van der Waals surface area contributed by atoms with Crippen LogP contribution < -0.4 is 0 Å². The molecule has 0 aliphatic carbocycles. The Morgan fingerprint density at radius 2 is 1.36 bits per heavy atom. The van der Waals surface area contributed by atoms with E-state index in [0.717, 1.165) is 58.7 Å². The summed E-state index contributed by atoms with van der Waals surface area (Å²) < 4.78 is 0. The van der Waals surface area contributed by atoms with E-state index in [1.54, 1.807) is 6.92 Å². The Labute approximate surface area is 154 Å². The van der Waals surface area contributed by atoms with Gasteiger partial charge in [0.2, 0.25) is 0 Å². The molecular formula is C20H39N3O2. The second kappa shape index (κ2) is 9.02. The first-order chi connectivity index (χ1) is 11.9. The molecule has 0 unspecified atom stereocenters. The van der Waals surface area contributed by atoms with Gasteiger partial charge in [0.1, 0.15) is 5.78 Å².